The third kappa shape index (κ3) is 4.37. The number of pyridine rings is 2. The number of benzene rings is 1. The summed E-state index contributed by atoms with van der Waals surface area (Å²) in [4.78, 5) is 20.8. The van der Waals surface area contributed by atoms with Crippen LogP contribution in [0.25, 0.3) is 0 Å². The molecule has 5 nitrogen and oxygen atoms in total. The lowest BCUT2D eigenvalue weighted by atomic mass is 10.1. The van der Waals surface area contributed by atoms with Gasteiger partial charge in [0.25, 0.3) is 5.91 Å². The van der Waals surface area contributed by atoms with Crippen LogP contribution in [-0.2, 0) is 6.54 Å². The highest BCUT2D eigenvalue weighted by Crippen LogP contribution is 2.27. The first-order chi connectivity index (χ1) is 12.5. The molecule has 2 N–H and O–H groups in total. The summed E-state index contributed by atoms with van der Waals surface area (Å²) in [5.41, 5.74) is 4.74. The zero-order chi connectivity index (χ0) is 18.5. The Morgan fingerprint density at radius 3 is 2.73 bits per heavy atom. The van der Waals surface area contributed by atoms with Gasteiger partial charge in [-0.05, 0) is 54.8 Å². The van der Waals surface area contributed by atoms with E-state index in [0.29, 0.717) is 22.9 Å². The fourth-order valence-corrected chi connectivity index (χ4v) is 2.99. The van der Waals surface area contributed by atoms with E-state index >= 15 is 0 Å². The smallest absolute Gasteiger partial charge is 0.274 e. The van der Waals surface area contributed by atoms with Crippen molar-refractivity contribution in [2.45, 2.75) is 20.4 Å². The van der Waals surface area contributed by atoms with Crippen molar-refractivity contribution in [3.8, 4) is 0 Å². The molecule has 2 aromatic heterocycles. The zero-order valence-electron chi connectivity index (χ0n) is 14.6. The number of nitrogens with one attached hydrogen (secondary N) is 2. The standard InChI is InChI=1S/C20H19ClN4O/c1-13-8-14(2)19(17(21)9-13)25-20(26)18-10-16(5-7-23-18)24-12-15-4-3-6-22-11-15/h3-11H,12H2,1-2H3,(H,23,24)(H,25,26). The SMILES string of the molecule is Cc1cc(C)c(NC(=O)c2cc(NCc3cccnc3)ccn2)c(Cl)c1. The Balaban J connectivity index is 1.72. The molecule has 0 aliphatic rings. The van der Waals surface area contributed by atoms with Crippen LogP contribution < -0.4 is 10.6 Å². The third-order valence-corrected chi connectivity index (χ3v) is 4.18. The zero-order valence-corrected chi connectivity index (χ0v) is 15.3. The van der Waals surface area contributed by atoms with Gasteiger partial charge in [0.1, 0.15) is 5.69 Å². The van der Waals surface area contributed by atoms with Crippen LogP contribution in [0.3, 0.4) is 0 Å². The molecule has 0 saturated carbocycles. The fraction of sp³-hybridized carbons (Fsp3) is 0.150. The van der Waals surface area contributed by atoms with Gasteiger partial charge in [0.2, 0.25) is 0 Å². The molecule has 0 aliphatic heterocycles. The summed E-state index contributed by atoms with van der Waals surface area (Å²) in [6.45, 7) is 4.49. The normalized spacial score (nSPS) is 10.4. The molecule has 26 heavy (non-hydrogen) atoms. The molecule has 0 aliphatic carbocycles. The number of hydrogen-bond donors (Lipinski definition) is 2. The maximum Gasteiger partial charge on any atom is 0.274 e. The fourth-order valence-electron chi connectivity index (χ4n) is 2.62. The van der Waals surface area contributed by atoms with Crippen LogP contribution in [0.15, 0.2) is 55.0 Å². The van der Waals surface area contributed by atoms with Gasteiger partial charge in [-0.15, -0.1) is 0 Å². The van der Waals surface area contributed by atoms with E-state index in [-0.39, 0.29) is 5.91 Å². The Bertz CT molecular complexity index is 905. The monoisotopic (exact) mass is 366 g/mol. The minimum Gasteiger partial charge on any atom is -0.381 e. The van der Waals surface area contributed by atoms with E-state index < -0.39 is 0 Å². The first kappa shape index (κ1) is 17.9. The van der Waals surface area contributed by atoms with Gasteiger partial charge in [-0.25, -0.2) is 0 Å². The van der Waals surface area contributed by atoms with Crippen molar-refractivity contribution in [1.29, 1.82) is 0 Å². The number of hydrogen-bond acceptors (Lipinski definition) is 4. The van der Waals surface area contributed by atoms with Gasteiger partial charge < -0.3 is 10.6 Å². The average molecular weight is 367 g/mol. The van der Waals surface area contributed by atoms with Crippen molar-refractivity contribution >= 4 is 28.9 Å². The highest BCUT2D eigenvalue weighted by molar-refractivity contribution is 6.34. The third-order valence-electron chi connectivity index (χ3n) is 3.88. The summed E-state index contributed by atoms with van der Waals surface area (Å²) in [5.74, 6) is -0.302. The molecule has 0 unspecified atom stereocenters. The van der Waals surface area contributed by atoms with E-state index in [9.17, 15) is 4.79 Å². The van der Waals surface area contributed by atoms with Crippen LogP contribution in [0.1, 0.15) is 27.2 Å². The van der Waals surface area contributed by atoms with Crippen molar-refractivity contribution in [3.05, 3.63) is 82.4 Å². The average Bonchev–Trinajstić information content (AvgIpc) is 2.64. The molecule has 1 aromatic carbocycles. The van der Waals surface area contributed by atoms with Gasteiger partial charge in [-0.1, -0.05) is 23.7 Å². The highest BCUT2D eigenvalue weighted by atomic mass is 35.5. The molecular formula is C20H19ClN4O. The Morgan fingerprint density at radius 1 is 1.15 bits per heavy atom. The van der Waals surface area contributed by atoms with Gasteiger partial charge in [0, 0.05) is 30.8 Å². The second kappa shape index (κ2) is 7.97. The molecule has 0 saturated heterocycles. The predicted molar refractivity (Wildman–Crippen MR) is 105 cm³/mol. The number of carbonyl (C=O) groups is 1. The second-order valence-electron chi connectivity index (χ2n) is 6.04. The number of aryl methyl sites for hydroxylation is 2. The van der Waals surface area contributed by atoms with Gasteiger partial charge in [0.05, 0.1) is 10.7 Å². The minimum atomic E-state index is -0.302. The summed E-state index contributed by atoms with van der Waals surface area (Å²) in [6.07, 6.45) is 5.13. The maximum absolute atomic E-state index is 12.6. The van der Waals surface area contributed by atoms with Crippen molar-refractivity contribution in [3.63, 3.8) is 0 Å². The van der Waals surface area contributed by atoms with Crippen molar-refractivity contribution in [1.82, 2.24) is 9.97 Å². The highest BCUT2D eigenvalue weighted by Gasteiger charge is 2.13. The van der Waals surface area contributed by atoms with Crippen LogP contribution >= 0.6 is 11.6 Å². The van der Waals surface area contributed by atoms with Crippen LogP contribution in [0, 0.1) is 13.8 Å². The lowest BCUT2D eigenvalue weighted by Crippen LogP contribution is -2.15. The molecule has 1 amide bonds. The molecule has 0 radical (unpaired) electrons. The molecule has 3 rings (SSSR count). The molecular weight excluding hydrogens is 348 g/mol. The molecule has 3 aromatic rings. The van der Waals surface area contributed by atoms with Crippen molar-refractivity contribution < 1.29 is 4.79 Å². The number of amides is 1. The van der Waals surface area contributed by atoms with E-state index in [0.717, 1.165) is 22.4 Å². The van der Waals surface area contributed by atoms with E-state index in [1.807, 2.05) is 44.2 Å². The van der Waals surface area contributed by atoms with E-state index in [1.165, 1.54) is 0 Å². The Hall–Kier alpha value is -2.92. The van der Waals surface area contributed by atoms with Crippen LogP contribution in [0.5, 0.6) is 0 Å². The first-order valence-electron chi connectivity index (χ1n) is 8.20. The molecule has 132 valence electrons. The lowest BCUT2D eigenvalue weighted by Gasteiger charge is -2.12. The summed E-state index contributed by atoms with van der Waals surface area (Å²) in [6, 6.07) is 11.2. The minimum absolute atomic E-state index is 0.302. The van der Waals surface area contributed by atoms with Gasteiger partial charge >= 0.3 is 0 Å². The quantitative estimate of drug-likeness (QED) is 0.691. The van der Waals surface area contributed by atoms with Gasteiger partial charge in [-0.3, -0.25) is 14.8 Å². The summed E-state index contributed by atoms with van der Waals surface area (Å²) in [5, 5.41) is 6.63. The largest absolute Gasteiger partial charge is 0.381 e. The number of carbonyl (C=O) groups excluding carboxylic acids is 1. The molecule has 0 atom stereocenters. The van der Waals surface area contributed by atoms with Crippen LogP contribution in [-0.4, -0.2) is 15.9 Å². The molecule has 6 heteroatoms. The number of aromatic nitrogens is 2. The van der Waals surface area contributed by atoms with Crippen molar-refractivity contribution in [2.24, 2.45) is 0 Å². The number of halogens is 1. The maximum atomic E-state index is 12.6. The summed E-state index contributed by atoms with van der Waals surface area (Å²) >= 11 is 6.26. The van der Waals surface area contributed by atoms with Gasteiger partial charge in [0.15, 0.2) is 0 Å². The van der Waals surface area contributed by atoms with Crippen molar-refractivity contribution in [2.75, 3.05) is 10.6 Å². The number of anilines is 2. The molecule has 0 fully saturated rings. The Kier molecular flexibility index (Phi) is 5.49. The van der Waals surface area contributed by atoms with Crippen LogP contribution in [0.4, 0.5) is 11.4 Å². The van der Waals surface area contributed by atoms with E-state index in [1.54, 1.807) is 24.7 Å². The number of rotatable bonds is 5. The van der Waals surface area contributed by atoms with E-state index in [2.05, 4.69) is 20.6 Å². The summed E-state index contributed by atoms with van der Waals surface area (Å²) in [7, 11) is 0. The second-order valence-corrected chi connectivity index (χ2v) is 6.44. The van der Waals surface area contributed by atoms with Crippen LogP contribution in [0.2, 0.25) is 5.02 Å². The molecule has 2 heterocycles. The first-order valence-corrected chi connectivity index (χ1v) is 8.57. The predicted octanol–water partition coefficient (Wildman–Crippen LogP) is 4.61. The van der Waals surface area contributed by atoms with E-state index in [4.69, 9.17) is 11.6 Å². The van der Waals surface area contributed by atoms with Gasteiger partial charge in [-0.2, -0.15) is 0 Å². The molecule has 0 bridgehead atoms. The topological polar surface area (TPSA) is 66.9 Å². The number of nitrogens with zero attached hydrogens (tertiary/aromatic N) is 2. The molecule has 0 spiro atoms. The Labute approximate surface area is 157 Å². The lowest BCUT2D eigenvalue weighted by molar-refractivity contribution is 0.102. The summed E-state index contributed by atoms with van der Waals surface area (Å²) < 4.78 is 0. The Morgan fingerprint density at radius 2 is 2.00 bits per heavy atom.